The highest BCUT2D eigenvalue weighted by atomic mass is 35.5. The Kier molecular flexibility index (Phi) is 12.7. The summed E-state index contributed by atoms with van der Waals surface area (Å²) in [6.07, 6.45) is 9.66. The van der Waals surface area contributed by atoms with Crippen molar-refractivity contribution in [3.8, 4) is 0 Å². The molecule has 3 aliphatic rings. The van der Waals surface area contributed by atoms with Crippen LogP contribution in [0, 0.1) is 5.92 Å². The topological polar surface area (TPSA) is 127 Å². The van der Waals surface area contributed by atoms with E-state index in [0.29, 0.717) is 47.7 Å². The van der Waals surface area contributed by atoms with Crippen LogP contribution in [0.2, 0.25) is 5.02 Å². The summed E-state index contributed by atoms with van der Waals surface area (Å²) in [4.78, 5) is 42.0. The van der Waals surface area contributed by atoms with Crippen LogP contribution in [0.25, 0.3) is 17.0 Å². The fourth-order valence-corrected chi connectivity index (χ4v) is 8.69. The molecule has 0 bridgehead atoms. The highest BCUT2D eigenvalue weighted by Crippen LogP contribution is 2.38. The van der Waals surface area contributed by atoms with Crippen LogP contribution in [-0.4, -0.2) is 96.9 Å². The van der Waals surface area contributed by atoms with Crippen LogP contribution < -0.4 is 30.7 Å². The first-order valence-electron chi connectivity index (χ1n) is 20.4. The van der Waals surface area contributed by atoms with Crippen LogP contribution in [-0.2, 0) is 16.6 Å². The number of anilines is 5. The average Bonchev–Trinajstić information content (AvgIpc) is 3.56. The summed E-state index contributed by atoms with van der Waals surface area (Å²) in [5.41, 5.74) is 8.87. The van der Waals surface area contributed by atoms with Crippen LogP contribution in [0.5, 0.6) is 0 Å². The van der Waals surface area contributed by atoms with Gasteiger partial charge in [-0.3, -0.25) is 19.2 Å². The number of carbonyl (C=O) groups excluding carboxylic acids is 2. The Bertz CT molecular complexity index is 2200. The smallest absolute Gasteiger partial charge is 0.227 e. The minimum absolute atomic E-state index is 0.00678. The summed E-state index contributed by atoms with van der Waals surface area (Å²) < 4.78 is 1.96. The van der Waals surface area contributed by atoms with Gasteiger partial charge < -0.3 is 30.7 Å². The third kappa shape index (κ3) is 8.85. The second-order valence-corrected chi connectivity index (χ2v) is 16.1. The summed E-state index contributed by atoms with van der Waals surface area (Å²) >= 11 is 6.63. The van der Waals surface area contributed by atoms with E-state index in [4.69, 9.17) is 21.7 Å². The Hall–Kier alpha value is -5.40. The van der Waals surface area contributed by atoms with E-state index in [1.54, 1.807) is 13.2 Å². The van der Waals surface area contributed by atoms with E-state index in [0.717, 1.165) is 116 Å². The zero-order valence-electron chi connectivity index (χ0n) is 34.2. The quantitative estimate of drug-likeness (QED) is 0.110. The molecule has 4 aromatic rings. The molecule has 0 radical (unpaired) electrons. The Balaban J connectivity index is 0.922. The van der Waals surface area contributed by atoms with Gasteiger partial charge in [-0.1, -0.05) is 38.1 Å². The standard InChI is InChI=1S/C44H56ClN11O2/c1-7-8-36(29(2)48-28-57)42-37-12-11-35(25-40(37)53(6)51-42)55-17-15-31(16-18-55)27-54-19-21-56(22-20-54)44-47-26-38(45)43(50-44)49-34-10-13-39-33(24-34)23-32(30(3)52(39)5)9-14-41(58)46-4/h10-13,23-26,28,31,36H,2-3,7-9,14-22,27H2,1,4-6H3,(H,46,58)(H,48,57)(H,47,49,50). The fraction of sp³-hybridized carbons (Fsp3) is 0.432. The maximum Gasteiger partial charge on any atom is 0.227 e. The number of aryl methyl sites for hydroxylation is 1. The van der Waals surface area contributed by atoms with E-state index >= 15 is 0 Å². The largest absolute Gasteiger partial charge is 0.371 e. The number of hydrogen-bond acceptors (Lipinski definition) is 10. The van der Waals surface area contributed by atoms with Crippen LogP contribution in [0.15, 0.2) is 72.7 Å². The van der Waals surface area contributed by atoms with Crippen LogP contribution in [0.3, 0.4) is 0 Å². The number of aromatic nitrogens is 4. The number of rotatable bonds is 15. The van der Waals surface area contributed by atoms with Gasteiger partial charge in [0.15, 0.2) is 5.82 Å². The molecule has 3 aliphatic heterocycles. The summed E-state index contributed by atoms with van der Waals surface area (Å²) in [6.45, 7) is 17.3. The van der Waals surface area contributed by atoms with Crippen molar-refractivity contribution in [1.29, 1.82) is 0 Å². The number of piperidine rings is 1. The normalized spacial score (nSPS) is 16.9. The van der Waals surface area contributed by atoms with Crippen molar-refractivity contribution in [2.24, 2.45) is 13.0 Å². The Morgan fingerprint density at radius 3 is 2.55 bits per heavy atom. The van der Waals surface area contributed by atoms with Crippen molar-refractivity contribution in [2.45, 2.75) is 51.4 Å². The van der Waals surface area contributed by atoms with Gasteiger partial charge in [-0.05, 0) is 79.6 Å². The van der Waals surface area contributed by atoms with E-state index < -0.39 is 0 Å². The first-order chi connectivity index (χ1) is 28.1. The number of fused-ring (bicyclic) bond motifs is 2. The van der Waals surface area contributed by atoms with Crippen LogP contribution in [0.4, 0.5) is 28.8 Å². The number of benzene rings is 2. The first kappa shape index (κ1) is 40.8. The number of allylic oxidation sites excluding steroid dienone is 2. The van der Waals surface area contributed by atoms with Gasteiger partial charge in [0, 0.05) is 119 Å². The van der Waals surface area contributed by atoms with Crippen molar-refractivity contribution in [3.05, 3.63) is 89.0 Å². The van der Waals surface area contributed by atoms with Crippen LogP contribution in [0.1, 0.15) is 62.6 Å². The van der Waals surface area contributed by atoms with E-state index in [1.807, 2.05) is 24.8 Å². The molecule has 5 heterocycles. The lowest BCUT2D eigenvalue weighted by Crippen LogP contribution is -2.49. The minimum Gasteiger partial charge on any atom is -0.371 e. The molecule has 0 spiro atoms. The van der Waals surface area contributed by atoms with Gasteiger partial charge in [0.2, 0.25) is 18.3 Å². The minimum atomic E-state index is -0.0207. The molecule has 2 amide bonds. The first-order valence-corrected chi connectivity index (χ1v) is 20.8. The summed E-state index contributed by atoms with van der Waals surface area (Å²) in [6, 6.07) is 12.8. The maximum atomic E-state index is 11.9. The second-order valence-electron chi connectivity index (χ2n) is 15.7. The number of nitrogens with one attached hydrogen (secondary N) is 3. The number of likely N-dealkylation sites (N-methyl/N-ethyl adjacent to an activating group) is 1. The number of halogens is 1. The summed E-state index contributed by atoms with van der Waals surface area (Å²) in [5, 5.41) is 15.4. The van der Waals surface area contributed by atoms with Gasteiger partial charge in [-0.25, -0.2) is 4.98 Å². The number of hydrogen-bond donors (Lipinski definition) is 3. The van der Waals surface area contributed by atoms with Gasteiger partial charge in [0.05, 0.1) is 17.4 Å². The lowest BCUT2D eigenvalue weighted by Gasteiger charge is -2.39. The fourth-order valence-electron chi connectivity index (χ4n) is 8.55. The molecule has 14 heteroatoms. The van der Waals surface area contributed by atoms with Crippen molar-refractivity contribution in [1.82, 2.24) is 35.3 Å². The summed E-state index contributed by atoms with van der Waals surface area (Å²) in [7, 11) is 5.65. The Labute approximate surface area is 346 Å². The van der Waals surface area contributed by atoms with Gasteiger partial charge in [-0.15, -0.1) is 0 Å². The molecule has 13 nitrogen and oxygen atoms in total. The molecule has 0 saturated carbocycles. The molecule has 2 aromatic carbocycles. The SMILES string of the molecule is C=C(NC=O)C(CCC)c1nn(C)c2cc(N3CCC(CN4CCN(c5ncc(Cl)c(Nc6ccc7c(c6)C=C(CCC(=O)NC)C(=C)N7C)n5)CC4)CC3)ccc12. The van der Waals surface area contributed by atoms with Gasteiger partial charge in [0.1, 0.15) is 5.02 Å². The molecule has 1 atom stereocenters. The zero-order chi connectivity index (χ0) is 40.9. The molecule has 2 saturated heterocycles. The number of amides is 2. The van der Waals surface area contributed by atoms with E-state index in [-0.39, 0.29) is 11.8 Å². The average molecular weight is 806 g/mol. The molecule has 2 aromatic heterocycles. The molecule has 58 heavy (non-hydrogen) atoms. The van der Waals surface area contributed by atoms with Crippen molar-refractivity contribution >= 4 is 69.7 Å². The lowest BCUT2D eigenvalue weighted by molar-refractivity contribution is -0.120. The van der Waals surface area contributed by atoms with Crippen LogP contribution >= 0.6 is 11.6 Å². The number of carbonyl (C=O) groups is 2. The van der Waals surface area contributed by atoms with Crippen molar-refractivity contribution in [3.63, 3.8) is 0 Å². The maximum absolute atomic E-state index is 11.9. The van der Waals surface area contributed by atoms with Gasteiger partial charge >= 0.3 is 0 Å². The molecular formula is C44H56ClN11O2. The van der Waals surface area contributed by atoms with Gasteiger partial charge in [0.25, 0.3) is 0 Å². The van der Waals surface area contributed by atoms with Crippen molar-refractivity contribution in [2.75, 3.05) is 79.9 Å². The van der Waals surface area contributed by atoms with E-state index in [1.165, 1.54) is 5.69 Å². The molecule has 306 valence electrons. The molecular weight excluding hydrogens is 750 g/mol. The number of piperazine rings is 1. The Morgan fingerprint density at radius 2 is 1.83 bits per heavy atom. The summed E-state index contributed by atoms with van der Waals surface area (Å²) in [5.74, 6) is 1.88. The highest BCUT2D eigenvalue weighted by Gasteiger charge is 2.27. The predicted octanol–water partition coefficient (Wildman–Crippen LogP) is 6.82. The molecule has 0 aliphatic carbocycles. The third-order valence-corrected chi connectivity index (χ3v) is 12.3. The van der Waals surface area contributed by atoms with E-state index in [2.05, 4.69) is 97.0 Å². The van der Waals surface area contributed by atoms with E-state index in [9.17, 15) is 9.59 Å². The Morgan fingerprint density at radius 1 is 1.05 bits per heavy atom. The third-order valence-electron chi connectivity index (χ3n) is 12.0. The predicted molar refractivity (Wildman–Crippen MR) is 236 cm³/mol. The molecule has 1 unspecified atom stereocenters. The number of nitrogens with zero attached hydrogens (tertiary/aromatic N) is 8. The zero-order valence-corrected chi connectivity index (χ0v) is 35.0. The monoisotopic (exact) mass is 805 g/mol. The second kappa shape index (κ2) is 18.0. The molecule has 2 fully saturated rings. The molecule has 7 rings (SSSR count). The van der Waals surface area contributed by atoms with Crippen molar-refractivity contribution < 1.29 is 9.59 Å². The molecule has 3 N–H and O–H groups in total. The van der Waals surface area contributed by atoms with Gasteiger partial charge in [-0.2, -0.15) is 10.1 Å². The lowest BCUT2D eigenvalue weighted by atomic mass is 9.93. The highest BCUT2D eigenvalue weighted by molar-refractivity contribution is 6.32.